The second kappa shape index (κ2) is 16.5. The molecule has 0 radical (unpaired) electrons. The van der Waals surface area contributed by atoms with Gasteiger partial charge in [-0.3, -0.25) is 4.79 Å². The summed E-state index contributed by atoms with van der Waals surface area (Å²) in [6.07, 6.45) is 19.4. The van der Waals surface area contributed by atoms with E-state index in [1.165, 1.54) is 44.9 Å². The van der Waals surface area contributed by atoms with Crippen molar-refractivity contribution in [1.29, 1.82) is 0 Å². The summed E-state index contributed by atoms with van der Waals surface area (Å²) in [6.45, 7) is 2.04. The Bertz CT molecular complexity index is 274. The quantitative estimate of drug-likeness (QED) is 0.293. The highest BCUT2D eigenvalue weighted by Gasteiger charge is 1.99. The summed E-state index contributed by atoms with van der Waals surface area (Å²) in [5.74, 6) is -0.689. The lowest BCUT2D eigenvalue weighted by Crippen LogP contribution is -2.03. The van der Waals surface area contributed by atoms with Crippen molar-refractivity contribution in [3.63, 3.8) is 0 Å². The van der Waals surface area contributed by atoms with E-state index in [0.717, 1.165) is 38.5 Å². The third kappa shape index (κ3) is 17.2. The third-order valence-electron chi connectivity index (χ3n) is 4.06. The van der Waals surface area contributed by atoms with Crippen molar-refractivity contribution in [2.24, 2.45) is 0 Å². The minimum absolute atomic E-state index is 0.0871. The average molecular weight is 312 g/mol. The lowest BCUT2D eigenvalue weighted by atomic mass is 10.0. The SMILES string of the molecule is CCC(O)CCCCCCCCCC=CCCCCC(=O)O. The van der Waals surface area contributed by atoms with Gasteiger partial charge in [0.2, 0.25) is 0 Å². The molecule has 0 aliphatic rings. The van der Waals surface area contributed by atoms with Crippen molar-refractivity contribution in [3.8, 4) is 0 Å². The number of hydrogen-bond donors (Lipinski definition) is 2. The van der Waals surface area contributed by atoms with Gasteiger partial charge in [-0.1, -0.05) is 57.6 Å². The molecule has 130 valence electrons. The number of aliphatic hydroxyl groups is 1. The van der Waals surface area contributed by atoms with Crippen LogP contribution in [0.2, 0.25) is 0 Å². The van der Waals surface area contributed by atoms with E-state index in [2.05, 4.69) is 12.2 Å². The van der Waals surface area contributed by atoms with Crippen LogP contribution in [0.15, 0.2) is 12.2 Å². The maximum Gasteiger partial charge on any atom is 0.303 e. The summed E-state index contributed by atoms with van der Waals surface area (Å²) >= 11 is 0. The van der Waals surface area contributed by atoms with E-state index < -0.39 is 5.97 Å². The first-order valence-corrected chi connectivity index (χ1v) is 9.21. The Balaban J connectivity index is 3.12. The molecule has 0 saturated heterocycles. The zero-order chi connectivity index (χ0) is 16.5. The number of carboxylic acids is 1. The molecule has 0 saturated carbocycles. The van der Waals surface area contributed by atoms with Crippen LogP contribution in [-0.4, -0.2) is 22.3 Å². The Morgan fingerprint density at radius 2 is 1.36 bits per heavy atom. The Morgan fingerprint density at radius 1 is 0.864 bits per heavy atom. The highest BCUT2D eigenvalue weighted by Crippen LogP contribution is 2.12. The predicted octanol–water partition coefficient (Wildman–Crippen LogP) is 5.47. The van der Waals surface area contributed by atoms with Gasteiger partial charge in [-0.2, -0.15) is 0 Å². The van der Waals surface area contributed by atoms with Crippen LogP contribution >= 0.6 is 0 Å². The highest BCUT2D eigenvalue weighted by molar-refractivity contribution is 5.66. The minimum atomic E-state index is -0.689. The van der Waals surface area contributed by atoms with E-state index in [4.69, 9.17) is 5.11 Å². The molecule has 0 aromatic rings. The van der Waals surface area contributed by atoms with Gasteiger partial charge in [0.05, 0.1) is 6.10 Å². The van der Waals surface area contributed by atoms with Crippen LogP contribution in [0.25, 0.3) is 0 Å². The Kier molecular flexibility index (Phi) is 15.9. The predicted molar refractivity (Wildman–Crippen MR) is 93.1 cm³/mol. The molecule has 0 aromatic heterocycles. The van der Waals surface area contributed by atoms with Gasteiger partial charge in [0, 0.05) is 6.42 Å². The third-order valence-corrected chi connectivity index (χ3v) is 4.06. The van der Waals surface area contributed by atoms with Gasteiger partial charge in [0.1, 0.15) is 0 Å². The molecule has 22 heavy (non-hydrogen) atoms. The molecule has 0 aliphatic heterocycles. The van der Waals surface area contributed by atoms with Gasteiger partial charge in [-0.05, 0) is 44.9 Å². The Labute approximate surface area is 136 Å². The van der Waals surface area contributed by atoms with Gasteiger partial charge >= 0.3 is 5.97 Å². The zero-order valence-electron chi connectivity index (χ0n) is 14.4. The smallest absolute Gasteiger partial charge is 0.303 e. The first-order valence-electron chi connectivity index (χ1n) is 9.21. The molecular weight excluding hydrogens is 276 g/mol. The lowest BCUT2D eigenvalue weighted by Gasteiger charge is -2.06. The molecular formula is C19H36O3. The number of carbonyl (C=O) groups is 1. The summed E-state index contributed by atoms with van der Waals surface area (Å²) in [4.78, 5) is 10.3. The van der Waals surface area contributed by atoms with Gasteiger partial charge in [-0.25, -0.2) is 0 Å². The number of aliphatic hydroxyl groups excluding tert-OH is 1. The second-order valence-electron chi connectivity index (χ2n) is 6.23. The molecule has 0 aromatic carbocycles. The summed E-state index contributed by atoms with van der Waals surface area (Å²) in [5.41, 5.74) is 0. The Morgan fingerprint density at radius 3 is 1.91 bits per heavy atom. The van der Waals surface area contributed by atoms with Crippen LogP contribution in [0.4, 0.5) is 0 Å². The van der Waals surface area contributed by atoms with Gasteiger partial charge in [-0.15, -0.1) is 0 Å². The fourth-order valence-corrected chi connectivity index (χ4v) is 2.50. The second-order valence-corrected chi connectivity index (χ2v) is 6.23. The molecule has 0 aliphatic carbocycles. The van der Waals surface area contributed by atoms with Crippen molar-refractivity contribution in [1.82, 2.24) is 0 Å². The highest BCUT2D eigenvalue weighted by atomic mass is 16.4. The summed E-state index contributed by atoms with van der Waals surface area (Å²) < 4.78 is 0. The van der Waals surface area contributed by atoms with E-state index in [1.54, 1.807) is 0 Å². The molecule has 0 spiro atoms. The molecule has 0 amide bonds. The number of aliphatic carboxylic acids is 1. The van der Waals surface area contributed by atoms with E-state index in [-0.39, 0.29) is 6.10 Å². The standard InChI is InChI=1S/C19H36O3/c1-2-18(20)16-14-12-10-8-6-4-3-5-7-9-11-13-15-17-19(21)22/h7,9,18,20H,2-6,8,10-17H2,1H3,(H,21,22). The van der Waals surface area contributed by atoms with Crippen molar-refractivity contribution in [3.05, 3.63) is 12.2 Å². The summed E-state index contributed by atoms with van der Waals surface area (Å²) in [6, 6.07) is 0. The van der Waals surface area contributed by atoms with Crippen LogP contribution in [-0.2, 0) is 4.79 Å². The molecule has 0 heterocycles. The molecule has 2 N–H and O–H groups in total. The van der Waals surface area contributed by atoms with Crippen LogP contribution in [0.5, 0.6) is 0 Å². The average Bonchev–Trinajstić information content (AvgIpc) is 2.50. The molecule has 3 heteroatoms. The van der Waals surface area contributed by atoms with Crippen molar-refractivity contribution >= 4 is 5.97 Å². The fraction of sp³-hybridized carbons (Fsp3) is 0.842. The summed E-state index contributed by atoms with van der Waals surface area (Å²) in [5, 5.41) is 18.0. The van der Waals surface area contributed by atoms with Crippen LogP contribution in [0, 0.1) is 0 Å². The Hall–Kier alpha value is -0.830. The van der Waals surface area contributed by atoms with Crippen molar-refractivity contribution in [2.75, 3.05) is 0 Å². The maximum atomic E-state index is 10.3. The number of unbranched alkanes of at least 4 members (excludes halogenated alkanes) is 9. The largest absolute Gasteiger partial charge is 0.481 e. The number of carboxylic acid groups (broad SMARTS) is 1. The lowest BCUT2D eigenvalue weighted by molar-refractivity contribution is -0.137. The molecule has 1 unspecified atom stereocenters. The van der Waals surface area contributed by atoms with Crippen molar-refractivity contribution < 1.29 is 15.0 Å². The molecule has 1 atom stereocenters. The molecule has 0 fully saturated rings. The van der Waals surface area contributed by atoms with E-state index in [0.29, 0.717) is 6.42 Å². The number of hydrogen-bond acceptors (Lipinski definition) is 2. The van der Waals surface area contributed by atoms with Crippen LogP contribution in [0.3, 0.4) is 0 Å². The molecule has 3 nitrogen and oxygen atoms in total. The van der Waals surface area contributed by atoms with Crippen LogP contribution in [0.1, 0.15) is 96.8 Å². The first-order chi connectivity index (χ1) is 10.7. The maximum absolute atomic E-state index is 10.3. The molecule has 0 rings (SSSR count). The van der Waals surface area contributed by atoms with Crippen molar-refractivity contribution in [2.45, 2.75) is 103 Å². The molecule has 0 bridgehead atoms. The number of allylic oxidation sites excluding steroid dienone is 2. The number of rotatable bonds is 16. The van der Waals surface area contributed by atoms with Crippen LogP contribution < -0.4 is 0 Å². The fourth-order valence-electron chi connectivity index (χ4n) is 2.50. The minimum Gasteiger partial charge on any atom is -0.481 e. The van der Waals surface area contributed by atoms with E-state index >= 15 is 0 Å². The normalized spacial score (nSPS) is 12.8. The van der Waals surface area contributed by atoms with E-state index in [1.807, 2.05) is 6.92 Å². The zero-order valence-corrected chi connectivity index (χ0v) is 14.4. The first kappa shape index (κ1) is 21.2. The summed E-state index contributed by atoms with van der Waals surface area (Å²) in [7, 11) is 0. The van der Waals surface area contributed by atoms with E-state index in [9.17, 15) is 9.90 Å². The van der Waals surface area contributed by atoms with Gasteiger partial charge < -0.3 is 10.2 Å². The van der Waals surface area contributed by atoms with Gasteiger partial charge in [0.25, 0.3) is 0 Å². The monoisotopic (exact) mass is 312 g/mol. The topological polar surface area (TPSA) is 57.5 Å². The van der Waals surface area contributed by atoms with Gasteiger partial charge in [0.15, 0.2) is 0 Å².